The number of alkyl halides is 2. The van der Waals surface area contributed by atoms with Crippen LogP contribution in [0.3, 0.4) is 0 Å². The Hall–Kier alpha value is -1.90. The Labute approximate surface area is 126 Å². The van der Waals surface area contributed by atoms with Crippen molar-refractivity contribution in [1.29, 1.82) is 0 Å². The number of hydrogen-bond acceptors (Lipinski definition) is 4. The maximum absolute atomic E-state index is 12.0. The van der Waals surface area contributed by atoms with Crippen molar-refractivity contribution < 1.29 is 26.7 Å². The SMILES string of the molecule is O=C(NCc1ccc(OC(F)F)cc1)NC1CCS(=O)(=O)C1. The van der Waals surface area contributed by atoms with Gasteiger partial charge in [0.25, 0.3) is 0 Å². The number of hydrogen-bond donors (Lipinski definition) is 2. The topological polar surface area (TPSA) is 84.5 Å². The molecule has 1 saturated heterocycles. The van der Waals surface area contributed by atoms with E-state index in [1.165, 1.54) is 12.1 Å². The maximum Gasteiger partial charge on any atom is 0.387 e. The first-order valence-electron chi connectivity index (χ1n) is 6.62. The number of rotatable bonds is 5. The lowest BCUT2D eigenvalue weighted by Gasteiger charge is -2.12. The zero-order valence-corrected chi connectivity index (χ0v) is 12.4. The molecule has 0 aromatic heterocycles. The summed E-state index contributed by atoms with van der Waals surface area (Å²) in [4.78, 5) is 11.7. The highest BCUT2D eigenvalue weighted by atomic mass is 32.2. The van der Waals surface area contributed by atoms with Crippen LogP contribution in [0.1, 0.15) is 12.0 Å². The van der Waals surface area contributed by atoms with Crippen molar-refractivity contribution in [1.82, 2.24) is 10.6 Å². The molecule has 2 rings (SSSR count). The van der Waals surface area contributed by atoms with E-state index in [0.717, 1.165) is 0 Å². The first kappa shape index (κ1) is 16.5. The Morgan fingerprint density at radius 3 is 2.55 bits per heavy atom. The lowest BCUT2D eigenvalue weighted by atomic mass is 10.2. The predicted molar refractivity (Wildman–Crippen MR) is 75.5 cm³/mol. The lowest BCUT2D eigenvalue weighted by Crippen LogP contribution is -2.42. The average molecular weight is 334 g/mol. The molecule has 22 heavy (non-hydrogen) atoms. The molecular weight excluding hydrogens is 318 g/mol. The van der Waals surface area contributed by atoms with Gasteiger partial charge in [-0.3, -0.25) is 0 Å². The number of sulfone groups is 1. The van der Waals surface area contributed by atoms with Crippen molar-refractivity contribution in [3.63, 3.8) is 0 Å². The summed E-state index contributed by atoms with van der Waals surface area (Å²) in [6, 6.07) is 5.03. The summed E-state index contributed by atoms with van der Waals surface area (Å²) in [6.07, 6.45) is 0.412. The molecule has 0 radical (unpaired) electrons. The van der Waals surface area contributed by atoms with Gasteiger partial charge in [-0.25, -0.2) is 13.2 Å². The third-order valence-electron chi connectivity index (χ3n) is 3.17. The molecule has 2 amide bonds. The average Bonchev–Trinajstić information content (AvgIpc) is 2.76. The van der Waals surface area contributed by atoms with E-state index in [9.17, 15) is 22.0 Å². The van der Waals surface area contributed by atoms with Gasteiger partial charge in [-0.15, -0.1) is 0 Å². The second-order valence-corrected chi connectivity index (χ2v) is 7.18. The second-order valence-electron chi connectivity index (χ2n) is 4.95. The summed E-state index contributed by atoms with van der Waals surface area (Å²) in [7, 11) is -3.04. The summed E-state index contributed by atoms with van der Waals surface area (Å²) in [5.41, 5.74) is 0.704. The third kappa shape index (κ3) is 5.14. The minimum atomic E-state index is -3.04. The standard InChI is InChI=1S/C13H16F2N2O4S/c14-12(15)21-11-3-1-9(2-4-11)7-16-13(18)17-10-5-6-22(19,20)8-10/h1-4,10,12H,5-8H2,(H2,16,17,18). The van der Waals surface area contributed by atoms with Crippen LogP contribution in [0.15, 0.2) is 24.3 Å². The van der Waals surface area contributed by atoms with Gasteiger partial charge in [0.15, 0.2) is 9.84 Å². The maximum atomic E-state index is 12.0. The summed E-state index contributed by atoms with van der Waals surface area (Å²) in [6.45, 7) is -2.68. The molecule has 0 spiro atoms. The molecule has 0 saturated carbocycles. The highest BCUT2D eigenvalue weighted by molar-refractivity contribution is 7.91. The Morgan fingerprint density at radius 1 is 1.32 bits per heavy atom. The first-order valence-corrected chi connectivity index (χ1v) is 8.45. The summed E-state index contributed by atoms with van der Waals surface area (Å²) in [5.74, 6) is 0.0863. The van der Waals surface area contributed by atoms with Crippen LogP contribution in [0.2, 0.25) is 0 Å². The molecule has 122 valence electrons. The monoisotopic (exact) mass is 334 g/mol. The summed E-state index contributed by atoms with van der Waals surface area (Å²) in [5, 5.41) is 5.17. The predicted octanol–water partition coefficient (Wildman–Crippen LogP) is 1.27. The van der Waals surface area contributed by atoms with Crippen molar-refractivity contribution >= 4 is 15.9 Å². The number of carbonyl (C=O) groups excluding carboxylic acids is 1. The Kier molecular flexibility index (Phi) is 5.17. The molecular formula is C13H16F2N2O4S. The van der Waals surface area contributed by atoms with E-state index < -0.39 is 22.5 Å². The summed E-state index contributed by atoms with van der Waals surface area (Å²) < 4.78 is 50.7. The molecule has 1 fully saturated rings. The van der Waals surface area contributed by atoms with Gasteiger partial charge in [-0.1, -0.05) is 12.1 Å². The second kappa shape index (κ2) is 6.91. The lowest BCUT2D eigenvalue weighted by molar-refractivity contribution is -0.0498. The first-order chi connectivity index (χ1) is 10.3. The summed E-state index contributed by atoms with van der Waals surface area (Å²) >= 11 is 0. The van der Waals surface area contributed by atoms with Gasteiger partial charge in [0.05, 0.1) is 11.5 Å². The highest BCUT2D eigenvalue weighted by Gasteiger charge is 2.28. The van der Waals surface area contributed by atoms with Crippen molar-refractivity contribution in [2.24, 2.45) is 0 Å². The van der Waals surface area contributed by atoms with Crippen LogP contribution in [0.25, 0.3) is 0 Å². The van der Waals surface area contributed by atoms with E-state index >= 15 is 0 Å². The molecule has 0 aliphatic carbocycles. The van der Waals surface area contributed by atoms with Crippen LogP contribution >= 0.6 is 0 Å². The van der Waals surface area contributed by atoms with Gasteiger partial charge in [-0.2, -0.15) is 8.78 Å². The van der Waals surface area contributed by atoms with Crippen LogP contribution < -0.4 is 15.4 Å². The van der Waals surface area contributed by atoms with Gasteiger partial charge in [0.1, 0.15) is 5.75 Å². The molecule has 1 heterocycles. The number of carbonyl (C=O) groups is 1. The third-order valence-corrected chi connectivity index (χ3v) is 4.94. The fraction of sp³-hybridized carbons (Fsp3) is 0.462. The van der Waals surface area contributed by atoms with Crippen LogP contribution in [0.4, 0.5) is 13.6 Å². The molecule has 1 aliphatic heterocycles. The largest absolute Gasteiger partial charge is 0.435 e. The molecule has 6 nitrogen and oxygen atoms in total. The number of halogens is 2. The van der Waals surface area contributed by atoms with Crippen molar-refractivity contribution in [3.05, 3.63) is 29.8 Å². The van der Waals surface area contributed by atoms with E-state index in [4.69, 9.17) is 0 Å². The van der Waals surface area contributed by atoms with Gasteiger partial charge in [0, 0.05) is 12.6 Å². The number of urea groups is 1. The van der Waals surface area contributed by atoms with Crippen LogP contribution in [-0.4, -0.2) is 38.6 Å². The van der Waals surface area contributed by atoms with E-state index in [1.54, 1.807) is 12.1 Å². The Morgan fingerprint density at radius 2 is 2.00 bits per heavy atom. The van der Waals surface area contributed by atoms with Crippen LogP contribution in [-0.2, 0) is 16.4 Å². The molecule has 1 aromatic carbocycles. The number of nitrogens with one attached hydrogen (secondary N) is 2. The van der Waals surface area contributed by atoms with Gasteiger partial charge < -0.3 is 15.4 Å². The molecule has 2 N–H and O–H groups in total. The molecule has 1 aromatic rings. The number of ether oxygens (including phenoxy) is 1. The molecule has 0 bridgehead atoms. The van der Waals surface area contributed by atoms with E-state index in [2.05, 4.69) is 15.4 Å². The van der Waals surface area contributed by atoms with E-state index in [0.29, 0.717) is 12.0 Å². The minimum absolute atomic E-state index is 0.0411. The van der Waals surface area contributed by atoms with Crippen molar-refractivity contribution in [2.75, 3.05) is 11.5 Å². The molecule has 9 heteroatoms. The van der Waals surface area contributed by atoms with Crippen LogP contribution in [0.5, 0.6) is 5.75 Å². The fourth-order valence-corrected chi connectivity index (χ4v) is 3.79. The Bertz CT molecular complexity index is 619. The fourth-order valence-electron chi connectivity index (χ4n) is 2.12. The van der Waals surface area contributed by atoms with E-state index in [-0.39, 0.29) is 29.8 Å². The number of benzene rings is 1. The van der Waals surface area contributed by atoms with Gasteiger partial charge in [0.2, 0.25) is 0 Å². The highest BCUT2D eigenvalue weighted by Crippen LogP contribution is 2.15. The van der Waals surface area contributed by atoms with Crippen molar-refractivity contribution in [2.45, 2.75) is 25.6 Å². The van der Waals surface area contributed by atoms with Gasteiger partial charge in [-0.05, 0) is 24.1 Å². The zero-order valence-electron chi connectivity index (χ0n) is 11.6. The Balaban J connectivity index is 1.76. The van der Waals surface area contributed by atoms with E-state index in [1.807, 2.05) is 0 Å². The van der Waals surface area contributed by atoms with Crippen molar-refractivity contribution in [3.8, 4) is 5.75 Å². The molecule has 1 unspecified atom stereocenters. The molecule has 1 aliphatic rings. The van der Waals surface area contributed by atoms with Gasteiger partial charge >= 0.3 is 12.6 Å². The number of amides is 2. The zero-order chi connectivity index (χ0) is 16.2. The minimum Gasteiger partial charge on any atom is -0.435 e. The normalized spacial score (nSPS) is 19.9. The molecule has 1 atom stereocenters. The smallest absolute Gasteiger partial charge is 0.387 e. The van der Waals surface area contributed by atoms with Crippen LogP contribution in [0, 0.1) is 0 Å². The quantitative estimate of drug-likeness (QED) is 0.849.